The molecule has 0 spiro atoms. The molecule has 0 atom stereocenters. The van der Waals surface area contributed by atoms with Crippen LogP contribution in [0, 0.1) is 0 Å². The second-order valence-electron chi connectivity index (χ2n) is 4.52. The van der Waals surface area contributed by atoms with Crippen molar-refractivity contribution in [3.05, 3.63) is 17.4 Å². The SMILES string of the molecule is CCn1cc(Nc2[nH]ncc2Cl)c(S(=O)(=O)C(C)C)n1. The highest BCUT2D eigenvalue weighted by atomic mass is 35.5. The van der Waals surface area contributed by atoms with Crippen LogP contribution in [0.15, 0.2) is 17.4 Å². The van der Waals surface area contributed by atoms with Gasteiger partial charge < -0.3 is 5.32 Å². The zero-order valence-electron chi connectivity index (χ0n) is 11.4. The average molecular weight is 318 g/mol. The van der Waals surface area contributed by atoms with E-state index in [4.69, 9.17) is 11.6 Å². The van der Waals surface area contributed by atoms with Crippen LogP contribution >= 0.6 is 11.6 Å². The van der Waals surface area contributed by atoms with E-state index in [1.165, 1.54) is 6.20 Å². The van der Waals surface area contributed by atoms with Gasteiger partial charge in [0.15, 0.2) is 0 Å². The first-order valence-electron chi connectivity index (χ1n) is 6.13. The van der Waals surface area contributed by atoms with E-state index in [-0.39, 0.29) is 5.03 Å². The van der Waals surface area contributed by atoms with Crippen molar-refractivity contribution in [1.29, 1.82) is 0 Å². The highest BCUT2D eigenvalue weighted by Crippen LogP contribution is 2.28. The second kappa shape index (κ2) is 5.45. The Labute approximate surface area is 122 Å². The lowest BCUT2D eigenvalue weighted by Gasteiger charge is -2.08. The third-order valence-corrected chi connectivity index (χ3v) is 5.16. The minimum Gasteiger partial charge on any atom is -0.336 e. The smallest absolute Gasteiger partial charge is 0.201 e. The van der Waals surface area contributed by atoms with Gasteiger partial charge in [-0.2, -0.15) is 10.2 Å². The number of nitrogens with one attached hydrogen (secondary N) is 2. The first-order chi connectivity index (χ1) is 9.36. The van der Waals surface area contributed by atoms with Gasteiger partial charge in [0.1, 0.15) is 10.8 Å². The molecule has 2 rings (SSSR count). The Bertz CT molecular complexity index is 704. The Hall–Kier alpha value is -1.54. The summed E-state index contributed by atoms with van der Waals surface area (Å²) >= 11 is 5.93. The highest BCUT2D eigenvalue weighted by molar-refractivity contribution is 7.92. The van der Waals surface area contributed by atoms with Gasteiger partial charge in [0.05, 0.1) is 17.1 Å². The highest BCUT2D eigenvalue weighted by Gasteiger charge is 2.27. The molecule has 0 aliphatic carbocycles. The zero-order valence-corrected chi connectivity index (χ0v) is 13.0. The first kappa shape index (κ1) is 14.9. The topological polar surface area (TPSA) is 92.7 Å². The van der Waals surface area contributed by atoms with Crippen LogP contribution in [0.4, 0.5) is 11.5 Å². The number of aromatic nitrogens is 4. The molecule has 0 aliphatic rings. The van der Waals surface area contributed by atoms with E-state index < -0.39 is 15.1 Å². The quantitative estimate of drug-likeness (QED) is 0.882. The standard InChI is InChI=1S/C11H16ClN5O2S/c1-4-17-6-9(14-10-8(12)5-13-15-10)11(16-17)20(18,19)7(2)3/h5-7H,4H2,1-3H3,(H2,13,14,15). The molecule has 0 radical (unpaired) electrons. The Morgan fingerprint density at radius 3 is 2.70 bits per heavy atom. The summed E-state index contributed by atoms with van der Waals surface area (Å²) in [5, 5.41) is 13.3. The summed E-state index contributed by atoms with van der Waals surface area (Å²) < 4.78 is 26.2. The predicted molar refractivity (Wildman–Crippen MR) is 77.1 cm³/mol. The third kappa shape index (κ3) is 2.66. The van der Waals surface area contributed by atoms with Crippen LogP contribution in [0.1, 0.15) is 20.8 Å². The Kier molecular flexibility index (Phi) is 4.05. The molecule has 7 nitrogen and oxygen atoms in total. The Morgan fingerprint density at radius 1 is 1.50 bits per heavy atom. The van der Waals surface area contributed by atoms with Crippen molar-refractivity contribution >= 4 is 32.9 Å². The normalized spacial score (nSPS) is 12.1. The molecule has 0 saturated carbocycles. The van der Waals surface area contributed by atoms with Gasteiger partial charge in [0, 0.05) is 12.7 Å². The molecule has 110 valence electrons. The number of halogens is 1. The van der Waals surface area contributed by atoms with Crippen LogP contribution in [0.3, 0.4) is 0 Å². The average Bonchev–Trinajstić information content (AvgIpc) is 2.97. The molecule has 0 bridgehead atoms. The number of aryl methyl sites for hydroxylation is 1. The minimum absolute atomic E-state index is 0.0139. The summed E-state index contributed by atoms with van der Waals surface area (Å²) in [6.07, 6.45) is 3.07. The van der Waals surface area contributed by atoms with Crippen molar-refractivity contribution in [2.45, 2.75) is 37.6 Å². The summed E-state index contributed by atoms with van der Waals surface area (Å²) in [7, 11) is -3.48. The summed E-state index contributed by atoms with van der Waals surface area (Å²) in [4.78, 5) is 0. The van der Waals surface area contributed by atoms with Crippen LogP contribution in [0.2, 0.25) is 5.02 Å². The van der Waals surface area contributed by atoms with E-state index in [0.717, 1.165) is 0 Å². The number of rotatable bonds is 5. The van der Waals surface area contributed by atoms with E-state index in [1.54, 1.807) is 24.7 Å². The van der Waals surface area contributed by atoms with Crippen LogP contribution in [-0.4, -0.2) is 33.6 Å². The monoisotopic (exact) mass is 317 g/mol. The van der Waals surface area contributed by atoms with Crippen LogP contribution in [-0.2, 0) is 16.4 Å². The summed E-state index contributed by atoms with van der Waals surface area (Å²) in [5.74, 6) is 0.433. The molecule has 0 fully saturated rings. The Morgan fingerprint density at radius 2 is 2.20 bits per heavy atom. The minimum atomic E-state index is -3.48. The van der Waals surface area contributed by atoms with Crippen molar-refractivity contribution in [2.75, 3.05) is 5.32 Å². The predicted octanol–water partition coefficient (Wildman–Crippen LogP) is 2.21. The largest absolute Gasteiger partial charge is 0.336 e. The lowest BCUT2D eigenvalue weighted by molar-refractivity contribution is 0.574. The third-order valence-electron chi connectivity index (χ3n) is 2.79. The van der Waals surface area contributed by atoms with Crippen molar-refractivity contribution in [3.63, 3.8) is 0 Å². The number of hydrogen-bond acceptors (Lipinski definition) is 5. The first-order valence-corrected chi connectivity index (χ1v) is 8.06. The maximum atomic E-state index is 12.3. The second-order valence-corrected chi connectivity index (χ2v) is 7.34. The van der Waals surface area contributed by atoms with Gasteiger partial charge in [-0.25, -0.2) is 8.42 Å². The maximum Gasteiger partial charge on any atom is 0.201 e. The molecule has 2 aromatic heterocycles. The molecule has 2 N–H and O–H groups in total. The fourth-order valence-electron chi connectivity index (χ4n) is 1.58. The summed E-state index contributed by atoms with van der Waals surface area (Å²) in [6, 6.07) is 0. The molecule has 0 aromatic carbocycles. The lowest BCUT2D eigenvalue weighted by atomic mass is 10.5. The van der Waals surface area contributed by atoms with Crippen LogP contribution in [0.5, 0.6) is 0 Å². The molecule has 0 saturated heterocycles. The van der Waals surface area contributed by atoms with E-state index in [2.05, 4.69) is 20.6 Å². The molecular formula is C11H16ClN5O2S. The van der Waals surface area contributed by atoms with Gasteiger partial charge in [0.2, 0.25) is 14.9 Å². The van der Waals surface area contributed by atoms with Crippen LogP contribution in [0.25, 0.3) is 0 Å². The number of anilines is 2. The molecule has 2 heterocycles. The van der Waals surface area contributed by atoms with E-state index in [0.29, 0.717) is 23.1 Å². The number of hydrogen-bond donors (Lipinski definition) is 2. The van der Waals surface area contributed by atoms with Crippen molar-refractivity contribution in [3.8, 4) is 0 Å². The van der Waals surface area contributed by atoms with Crippen molar-refractivity contribution in [2.24, 2.45) is 0 Å². The van der Waals surface area contributed by atoms with Gasteiger partial charge >= 0.3 is 0 Å². The fourth-order valence-corrected chi connectivity index (χ4v) is 2.79. The molecule has 20 heavy (non-hydrogen) atoms. The van der Waals surface area contributed by atoms with E-state index in [9.17, 15) is 8.42 Å². The van der Waals surface area contributed by atoms with Gasteiger partial charge in [-0.05, 0) is 20.8 Å². The molecule has 0 unspecified atom stereocenters. The molecule has 0 aliphatic heterocycles. The van der Waals surface area contributed by atoms with Gasteiger partial charge in [-0.3, -0.25) is 9.78 Å². The summed E-state index contributed by atoms with van der Waals surface area (Å²) in [6.45, 7) is 5.69. The lowest BCUT2D eigenvalue weighted by Crippen LogP contribution is -2.16. The molecular weight excluding hydrogens is 302 g/mol. The van der Waals surface area contributed by atoms with Gasteiger partial charge in [-0.15, -0.1) is 0 Å². The van der Waals surface area contributed by atoms with Gasteiger partial charge in [0.25, 0.3) is 0 Å². The zero-order chi connectivity index (χ0) is 14.9. The molecule has 9 heteroatoms. The molecule has 2 aromatic rings. The Balaban J connectivity index is 2.48. The van der Waals surface area contributed by atoms with Crippen LogP contribution < -0.4 is 5.32 Å². The fraction of sp³-hybridized carbons (Fsp3) is 0.455. The molecule has 0 amide bonds. The number of sulfone groups is 1. The number of nitrogens with zero attached hydrogens (tertiary/aromatic N) is 3. The van der Waals surface area contributed by atoms with Crippen molar-refractivity contribution < 1.29 is 8.42 Å². The maximum absolute atomic E-state index is 12.3. The van der Waals surface area contributed by atoms with Crippen molar-refractivity contribution in [1.82, 2.24) is 20.0 Å². The van der Waals surface area contributed by atoms with E-state index >= 15 is 0 Å². The summed E-state index contributed by atoms with van der Waals surface area (Å²) in [5.41, 5.74) is 0.381. The van der Waals surface area contributed by atoms with Gasteiger partial charge in [-0.1, -0.05) is 11.6 Å². The number of aromatic amines is 1. The number of H-pyrrole nitrogens is 1. The van der Waals surface area contributed by atoms with E-state index in [1.807, 2.05) is 6.92 Å².